The number of aromatic nitrogens is 2. The van der Waals surface area contributed by atoms with E-state index in [1.165, 1.54) is 4.90 Å². The Morgan fingerprint density at radius 3 is 2.58 bits per heavy atom. The molecule has 0 fully saturated rings. The highest BCUT2D eigenvalue weighted by molar-refractivity contribution is 7.98. The normalized spacial score (nSPS) is 10.7. The summed E-state index contributed by atoms with van der Waals surface area (Å²) in [5, 5.41) is 7.25. The highest BCUT2D eigenvalue weighted by Crippen LogP contribution is 2.24. The van der Waals surface area contributed by atoms with E-state index in [-0.39, 0.29) is 18.4 Å². The molecule has 140 valence electrons. The van der Waals surface area contributed by atoms with Crippen LogP contribution < -0.4 is 5.32 Å². The zero-order valence-corrected chi connectivity index (χ0v) is 16.8. The SMILES string of the molecule is CSc1ccccc1NC(=O)CN(C)C(=O)CCc1c(C)nn(C)c1C. The second-order valence-electron chi connectivity index (χ2n) is 6.27. The summed E-state index contributed by atoms with van der Waals surface area (Å²) in [6.07, 6.45) is 2.95. The molecule has 0 bridgehead atoms. The summed E-state index contributed by atoms with van der Waals surface area (Å²) in [5.74, 6) is -0.253. The lowest BCUT2D eigenvalue weighted by atomic mass is 10.1. The van der Waals surface area contributed by atoms with Gasteiger partial charge in [-0.3, -0.25) is 14.3 Å². The van der Waals surface area contributed by atoms with Crippen LogP contribution in [0.2, 0.25) is 0 Å². The summed E-state index contributed by atoms with van der Waals surface area (Å²) >= 11 is 1.57. The number of nitrogens with zero attached hydrogens (tertiary/aromatic N) is 3. The van der Waals surface area contributed by atoms with Gasteiger partial charge >= 0.3 is 0 Å². The third kappa shape index (κ3) is 4.88. The smallest absolute Gasteiger partial charge is 0.244 e. The predicted octanol–water partition coefficient (Wildman–Crippen LogP) is 2.79. The number of rotatable bonds is 7. The number of anilines is 1. The van der Waals surface area contributed by atoms with Crippen molar-refractivity contribution in [3.05, 3.63) is 41.2 Å². The van der Waals surface area contributed by atoms with Crippen LogP contribution in [0.1, 0.15) is 23.4 Å². The maximum atomic E-state index is 12.4. The van der Waals surface area contributed by atoms with Crippen LogP contribution in [0.5, 0.6) is 0 Å². The molecule has 0 radical (unpaired) electrons. The molecule has 6 nitrogen and oxygen atoms in total. The molecule has 0 saturated heterocycles. The van der Waals surface area contributed by atoms with Gasteiger partial charge < -0.3 is 10.2 Å². The minimum atomic E-state index is -0.198. The Labute approximate surface area is 159 Å². The van der Waals surface area contributed by atoms with Gasteiger partial charge in [-0.1, -0.05) is 12.1 Å². The number of aryl methyl sites for hydroxylation is 2. The molecule has 7 heteroatoms. The van der Waals surface area contributed by atoms with Crippen LogP contribution in [-0.2, 0) is 23.1 Å². The van der Waals surface area contributed by atoms with E-state index in [1.807, 2.05) is 56.1 Å². The molecule has 0 aliphatic heterocycles. The molecule has 1 N–H and O–H groups in total. The lowest BCUT2D eigenvalue weighted by Gasteiger charge is -2.17. The van der Waals surface area contributed by atoms with Gasteiger partial charge in [-0.05, 0) is 44.2 Å². The maximum absolute atomic E-state index is 12.4. The average molecular weight is 375 g/mol. The van der Waals surface area contributed by atoms with Gasteiger partial charge in [-0.15, -0.1) is 11.8 Å². The zero-order chi connectivity index (χ0) is 19.3. The Bertz CT molecular complexity index is 801. The van der Waals surface area contributed by atoms with Crippen LogP contribution in [0.4, 0.5) is 5.69 Å². The number of nitrogens with one attached hydrogen (secondary N) is 1. The van der Waals surface area contributed by atoms with Crippen molar-refractivity contribution in [2.45, 2.75) is 31.6 Å². The molecule has 0 aliphatic rings. The van der Waals surface area contributed by atoms with Crippen LogP contribution >= 0.6 is 11.8 Å². The maximum Gasteiger partial charge on any atom is 0.244 e. The highest BCUT2D eigenvalue weighted by atomic mass is 32.2. The molecular weight excluding hydrogens is 348 g/mol. The number of carbonyl (C=O) groups excluding carboxylic acids is 2. The summed E-state index contributed by atoms with van der Waals surface area (Å²) in [6.45, 7) is 3.99. The Balaban J connectivity index is 1.89. The number of amides is 2. The zero-order valence-electron chi connectivity index (χ0n) is 16.0. The lowest BCUT2D eigenvalue weighted by molar-refractivity contribution is -0.133. The molecule has 1 aromatic carbocycles. The van der Waals surface area contributed by atoms with Crippen molar-refractivity contribution in [2.75, 3.05) is 25.2 Å². The van der Waals surface area contributed by atoms with Crippen molar-refractivity contribution in [3.8, 4) is 0 Å². The van der Waals surface area contributed by atoms with Crippen molar-refractivity contribution >= 4 is 29.3 Å². The Morgan fingerprint density at radius 2 is 1.96 bits per heavy atom. The summed E-state index contributed by atoms with van der Waals surface area (Å²) < 4.78 is 1.83. The Kier molecular flexibility index (Phi) is 6.85. The quantitative estimate of drug-likeness (QED) is 0.757. The molecule has 0 spiro atoms. The van der Waals surface area contributed by atoms with Gasteiger partial charge in [-0.25, -0.2) is 0 Å². The molecule has 0 unspecified atom stereocenters. The van der Waals surface area contributed by atoms with Gasteiger partial charge in [0.15, 0.2) is 0 Å². The second-order valence-corrected chi connectivity index (χ2v) is 7.12. The molecule has 0 saturated carbocycles. The van der Waals surface area contributed by atoms with Crippen LogP contribution in [0.25, 0.3) is 0 Å². The third-order valence-electron chi connectivity index (χ3n) is 4.44. The minimum absolute atomic E-state index is 0.0343. The number of para-hydroxylation sites is 1. The van der Waals surface area contributed by atoms with E-state index in [2.05, 4.69) is 10.4 Å². The third-order valence-corrected chi connectivity index (χ3v) is 5.23. The number of carbonyl (C=O) groups is 2. The molecule has 0 aliphatic carbocycles. The Hall–Kier alpha value is -2.28. The summed E-state index contributed by atoms with van der Waals surface area (Å²) in [5.41, 5.74) is 3.90. The standard InChI is InChI=1S/C19H26N4O2S/c1-13-15(14(2)23(4)21-13)10-11-19(25)22(3)12-18(24)20-16-8-6-7-9-17(16)26-5/h6-9H,10-12H2,1-5H3,(H,20,24). The number of hydrogen-bond donors (Lipinski definition) is 1. The molecular formula is C19H26N4O2S. The van der Waals surface area contributed by atoms with E-state index in [1.54, 1.807) is 18.8 Å². The molecule has 1 heterocycles. The Morgan fingerprint density at radius 1 is 1.27 bits per heavy atom. The first-order valence-electron chi connectivity index (χ1n) is 8.49. The van der Waals surface area contributed by atoms with Gasteiger partial charge in [-0.2, -0.15) is 5.10 Å². The molecule has 2 amide bonds. The van der Waals surface area contributed by atoms with Gasteiger partial charge in [0, 0.05) is 31.1 Å². The number of benzene rings is 1. The number of thioether (sulfide) groups is 1. The first kappa shape index (κ1) is 20.0. The second kappa shape index (κ2) is 8.89. The fourth-order valence-electron chi connectivity index (χ4n) is 2.84. The van der Waals surface area contributed by atoms with Gasteiger partial charge in [0.25, 0.3) is 0 Å². The molecule has 0 atom stereocenters. The van der Waals surface area contributed by atoms with Crippen molar-refractivity contribution < 1.29 is 9.59 Å². The van der Waals surface area contributed by atoms with E-state index in [9.17, 15) is 9.59 Å². The van der Waals surface area contributed by atoms with E-state index in [0.29, 0.717) is 12.8 Å². The molecule has 26 heavy (non-hydrogen) atoms. The van der Waals surface area contributed by atoms with E-state index < -0.39 is 0 Å². The van der Waals surface area contributed by atoms with Crippen LogP contribution in [0, 0.1) is 13.8 Å². The van der Waals surface area contributed by atoms with Gasteiger partial charge in [0.1, 0.15) is 0 Å². The van der Waals surface area contributed by atoms with Crippen LogP contribution in [-0.4, -0.2) is 46.3 Å². The fraction of sp³-hybridized carbons (Fsp3) is 0.421. The molecule has 2 rings (SSSR count). The highest BCUT2D eigenvalue weighted by Gasteiger charge is 2.16. The van der Waals surface area contributed by atoms with Gasteiger partial charge in [0.05, 0.1) is 17.9 Å². The van der Waals surface area contributed by atoms with E-state index in [0.717, 1.165) is 27.5 Å². The largest absolute Gasteiger partial charge is 0.336 e. The first-order chi connectivity index (χ1) is 12.3. The first-order valence-corrected chi connectivity index (χ1v) is 9.71. The fourth-order valence-corrected chi connectivity index (χ4v) is 3.40. The van der Waals surface area contributed by atoms with Crippen molar-refractivity contribution in [1.29, 1.82) is 0 Å². The minimum Gasteiger partial charge on any atom is -0.336 e. The average Bonchev–Trinajstić information content (AvgIpc) is 2.85. The summed E-state index contributed by atoms with van der Waals surface area (Å²) in [7, 11) is 3.56. The number of likely N-dealkylation sites (N-methyl/N-ethyl adjacent to an activating group) is 1. The van der Waals surface area contributed by atoms with E-state index in [4.69, 9.17) is 0 Å². The van der Waals surface area contributed by atoms with Crippen molar-refractivity contribution in [1.82, 2.24) is 14.7 Å². The summed E-state index contributed by atoms with van der Waals surface area (Å²) in [4.78, 5) is 27.1. The van der Waals surface area contributed by atoms with Crippen LogP contribution in [0.15, 0.2) is 29.2 Å². The molecule has 1 aromatic heterocycles. The van der Waals surface area contributed by atoms with Crippen molar-refractivity contribution in [3.63, 3.8) is 0 Å². The van der Waals surface area contributed by atoms with Gasteiger partial charge in [0.2, 0.25) is 11.8 Å². The van der Waals surface area contributed by atoms with Crippen LogP contribution in [0.3, 0.4) is 0 Å². The monoisotopic (exact) mass is 374 g/mol. The molecule has 2 aromatic rings. The number of hydrogen-bond acceptors (Lipinski definition) is 4. The predicted molar refractivity (Wildman–Crippen MR) is 105 cm³/mol. The summed E-state index contributed by atoms with van der Waals surface area (Å²) in [6, 6.07) is 7.62. The lowest BCUT2D eigenvalue weighted by Crippen LogP contribution is -2.35. The van der Waals surface area contributed by atoms with E-state index >= 15 is 0 Å². The topological polar surface area (TPSA) is 67.2 Å². The van der Waals surface area contributed by atoms with Crippen molar-refractivity contribution in [2.24, 2.45) is 7.05 Å².